The number of thioether (sulfide) groups is 2. The van der Waals surface area contributed by atoms with Gasteiger partial charge in [-0.05, 0) is 5.56 Å². The Morgan fingerprint density at radius 1 is 0.962 bits per heavy atom. The number of hydrogen-bond donors (Lipinski definition) is 3. The van der Waals surface area contributed by atoms with Crippen LogP contribution in [-0.4, -0.2) is 59.0 Å². The number of likely N-dealkylation sites (N-methyl/N-ethyl adjacent to an activating group) is 1. The summed E-state index contributed by atoms with van der Waals surface area (Å²) in [5, 5.41) is 8.14. The van der Waals surface area contributed by atoms with Gasteiger partial charge in [0.15, 0.2) is 0 Å². The number of hydrogen-bond acceptors (Lipinski definition) is 6. The van der Waals surface area contributed by atoms with Gasteiger partial charge in [0.2, 0.25) is 11.8 Å². The van der Waals surface area contributed by atoms with E-state index in [4.69, 9.17) is 4.74 Å². The second-order valence-electron chi connectivity index (χ2n) is 6.37. The molecule has 0 aliphatic carbocycles. The topological polar surface area (TPSA) is 96.5 Å². The van der Waals surface area contributed by atoms with Crippen LogP contribution >= 0.6 is 23.5 Å². The average molecular weight is 396 g/mol. The summed E-state index contributed by atoms with van der Waals surface area (Å²) in [5.74, 6) is 1.42. The minimum Gasteiger partial charge on any atom is -0.445 e. The van der Waals surface area contributed by atoms with Crippen LogP contribution in [0.3, 0.4) is 0 Å². The Morgan fingerprint density at radius 2 is 1.54 bits per heavy atom. The highest BCUT2D eigenvalue weighted by atomic mass is 32.2. The van der Waals surface area contributed by atoms with E-state index in [1.54, 1.807) is 30.6 Å². The van der Waals surface area contributed by atoms with Crippen LogP contribution in [0.2, 0.25) is 0 Å². The molecule has 0 bridgehead atoms. The van der Waals surface area contributed by atoms with Crippen molar-refractivity contribution in [3.05, 3.63) is 35.9 Å². The van der Waals surface area contributed by atoms with Gasteiger partial charge in [0.1, 0.15) is 17.7 Å². The summed E-state index contributed by atoms with van der Waals surface area (Å²) >= 11 is 3.15. The van der Waals surface area contributed by atoms with E-state index in [0.29, 0.717) is 23.0 Å². The summed E-state index contributed by atoms with van der Waals surface area (Å²) in [6, 6.07) is 9.33. The fourth-order valence-corrected chi connectivity index (χ4v) is 4.70. The molecule has 0 radical (unpaired) electrons. The van der Waals surface area contributed by atoms with E-state index in [9.17, 15) is 14.4 Å². The van der Waals surface area contributed by atoms with Crippen molar-refractivity contribution in [3.63, 3.8) is 0 Å². The van der Waals surface area contributed by atoms with Crippen LogP contribution in [0.4, 0.5) is 4.79 Å². The van der Waals surface area contributed by atoms with Gasteiger partial charge in [-0.2, -0.15) is 23.5 Å². The molecular weight excluding hydrogens is 374 g/mol. The third kappa shape index (κ3) is 3.78. The first kappa shape index (κ1) is 18.9. The molecule has 3 amide bonds. The monoisotopic (exact) mass is 395 g/mol. The van der Waals surface area contributed by atoms with Gasteiger partial charge >= 0.3 is 6.09 Å². The van der Waals surface area contributed by atoms with Gasteiger partial charge in [0.25, 0.3) is 0 Å². The summed E-state index contributed by atoms with van der Waals surface area (Å²) in [6.07, 6.45) is -0.638. The molecule has 7 nitrogen and oxygen atoms in total. The Balaban J connectivity index is 1.58. The van der Waals surface area contributed by atoms with Gasteiger partial charge in [-0.15, -0.1) is 0 Å². The molecule has 9 heteroatoms. The van der Waals surface area contributed by atoms with E-state index < -0.39 is 17.2 Å². The number of ether oxygens (including phenoxy) is 1. The Labute approximate surface area is 160 Å². The molecule has 2 heterocycles. The lowest BCUT2D eigenvalue weighted by Crippen LogP contribution is -2.74. The second kappa shape index (κ2) is 7.79. The molecule has 3 N–H and O–H groups in total. The smallest absolute Gasteiger partial charge is 0.408 e. The van der Waals surface area contributed by atoms with Gasteiger partial charge in [-0.1, -0.05) is 30.3 Å². The molecule has 3 rings (SSSR count). The van der Waals surface area contributed by atoms with Gasteiger partial charge in [-0.3, -0.25) is 9.59 Å². The zero-order valence-electron chi connectivity index (χ0n) is 14.4. The summed E-state index contributed by atoms with van der Waals surface area (Å²) < 4.78 is 5.23. The van der Waals surface area contributed by atoms with Crippen molar-refractivity contribution in [1.29, 1.82) is 0 Å². The minimum atomic E-state index is -1.03. The van der Waals surface area contributed by atoms with Crippen LogP contribution < -0.4 is 16.0 Å². The molecule has 0 atom stereocenters. The predicted molar refractivity (Wildman–Crippen MR) is 102 cm³/mol. The van der Waals surface area contributed by atoms with Crippen LogP contribution in [0.25, 0.3) is 0 Å². The van der Waals surface area contributed by atoms with Gasteiger partial charge in [0.05, 0.1) is 0 Å². The zero-order valence-corrected chi connectivity index (χ0v) is 16.0. The Bertz CT molecular complexity index is 691. The molecule has 0 saturated carbocycles. The van der Waals surface area contributed by atoms with E-state index in [2.05, 4.69) is 16.0 Å². The molecule has 140 valence electrons. The van der Waals surface area contributed by atoms with Crippen molar-refractivity contribution in [2.75, 3.05) is 30.1 Å². The molecule has 1 aromatic carbocycles. The van der Waals surface area contributed by atoms with Gasteiger partial charge in [-0.25, -0.2) is 4.79 Å². The molecule has 2 aliphatic heterocycles. The lowest BCUT2D eigenvalue weighted by atomic mass is 9.97. The Hall–Kier alpha value is -1.87. The number of carbonyl (C=O) groups excluding carboxylic acids is 3. The second-order valence-corrected chi connectivity index (χ2v) is 8.34. The fraction of sp³-hybridized carbons (Fsp3) is 0.471. The number of alkyl carbamates (subject to hydrolysis) is 1. The van der Waals surface area contributed by atoms with E-state index in [1.807, 2.05) is 30.3 Å². The summed E-state index contributed by atoms with van der Waals surface area (Å²) in [5.41, 5.74) is -1.05. The SMILES string of the molecule is CNC(=O)C1(NC(=O)C2(NC(=O)OCc3ccccc3)CSC2)CSC1. The number of nitrogens with one attached hydrogen (secondary N) is 3. The molecule has 2 saturated heterocycles. The van der Waals surface area contributed by atoms with Gasteiger partial charge < -0.3 is 20.7 Å². The molecule has 1 aromatic rings. The summed E-state index contributed by atoms with van der Waals surface area (Å²) in [6.45, 7) is 0.135. The molecule has 0 spiro atoms. The Morgan fingerprint density at radius 3 is 2.04 bits per heavy atom. The first-order valence-electron chi connectivity index (χ1n) is 8.19. The maximum absolute atomic E-state index is 12.8. The molecule has 0 aromatic heterocycles. The highest BCUT2D eigenvalue weighted by Gasteiger charge is 2.53. The van der Waals surface area contributed by atoms with Gasteiger partial charge in [0, 0.05) is 30.1 Å². The Kier molecular flexibility index (Phi) is 5.67. The molecule has 2 aliphatic rings. The average Bonchev–Trinajstić information content (AvgIpc) is 2.59. The normalized spacial score (nSPS) is 19.3. The van der Waals surface area contributed by atoms with Crippen LogP contribution in [0, 0.1) is 0 Å². The van der Waals surface area contributed by atoms with E-state index in [0.717, 1.165) is 5.56 Å². The first-order chi connectivity index (χ1) is 12.5. The van der Waals surface area contributed by atoms with E-state index in [1.165, 1.54) is 0 Å². The fourth-order valence-electron chi connectivity index (χ4n) is 2.66. The zero-order chi connectivity index (χ0) is 18.6. The van der Waals surface area contributed by atoms with E-state index >= 15 is 0 Å². The van der Waals surface area contributed by atoms with Crippen LogP contribution in [0.5, 0.6) is 0 Å². The first-order valence-corrected chi connectivity index (χ1v) is 10.5. The predicted octanol–water partition coefficient (Wildman–Crippen LogP) is 0.746. The van der Waals surface area contributed by atoms with Crippen LogP contribution in [-0.2, 0) is 20.9 Å². The lowest BCUT2D eigenvalue weighted by molar-refractivity contribution is -0.134. The number of benzene rings is 1. The van der Waals surface area contributed by atoms with Crippen molar-refractivity contribution >= 4 is 41.4 Å². The maximum Gasteiger partial charge on any atom is 0.408 e. The standard InChI is InChI=1S/C17H21N3O4S2/c1-18-13(21)16(8-25-9-16)19-14(22)17(10-26-11-17)20-15(23)24-7-12-5-3-2-4-6-12/h2-6H,7-11H2,1H3,(H,18,21)(H,19,22)(H,20,23). The van der Waals surface area contributed by atoms with Crippen LogP contribution in [0.15, 0.2) is 30.3 Å². The highest BCUT2D eigenvalue weighted by Crippen LogP contribution is 2.34. The maximum atomic E-state index is 12.8. The van der Waals surface area contributed by atoms with Crippen molar-refractivity contribution in [2.45, 2.75) is 17.7 Å². The van der Waals surface area contributed by atoms with Crippen molar-refractivity contribution in [1.82, 2.24) is 16.0 Å². The third-order valence-corrected chi connectivity index (χ3v) is 7.18. The quantitative estimate of drug-likeness (QED) is 0.658. The lowest BCUT2D eigenvalue weighted by Gasteiger charge is -2.45. The number of amides is 3. The third-order valence-electron chi connectivity index (χ3n) is 4.40. The largest absolute Gasteiger partial charge is 0.445 e. The van der Waals surface area contributed by atoms with Crippen molar-refractivity contribution in [3.8, 4) is 0 Å². The molecule has 0 unspecified atom stereocenters. The minimum absolute atomic E-state index is 0.135. The summed E-state index contributed by atoms with van der Waals surface area (Å²) in [4.78, 5) is 37.1. The molecular formula is C17H21N3O4S2. The van der Waals surface area contributed by atoms with Crippen molar-refractivity contribution < 1.29 is 19.1 Å². The number of rotatable bonds is 6. The summed E-state index contributed by atoms with van der Waals surface area (Å²) in [7, 11) is 1.55. The molecule has 26 heavy (non-hydrogen) atoms. The number of carbonyl (C=O) groups is 3. The van der Waals surface area contributed by atoms with Crippen LogP contribution in [0.1, 0.15) is 5.56 Å². The molecule has 2 fully saturated rings. The van der Waals surface area contributed by atoms with E-state index in [-0.39, 0.29) is 18.4 Å². The highest BCUT2D eigenvalue weighted by molar-refractivity contribution is 8.01. The van der Waals surface area contributed by atoms with Crippen molar-refractivity contribution in [2.24, 2.45) is 0 Å².